The predicted octanol–water partition coefficient (Wildman–Crippen LogP) is 2.02. The summed E-state index contributed by atoms with van der Waals surface area (Å²) in [7, 11) is 0. The molecular weight excluding hydrogens is 364 g/mol. The molecule has 0 N–H and O–H groups in total. The Bertz CT molecular complexity index is 990. The van der Waals surface area contributed by atoms with Gasteiger partial charge in [-0.05, 0) is 25.0 Å². The summed E-state index contributed by atoms with van der Waals surface area (Å²) < 4.78 is 8.82. The molecule has 130 valence electrons. The monoisotopic (exact) mass is 378 g/mol. The molecule has 0 aliphatic carbocycles. The molecule has 1 saturated heterocycles. The van der Waals surface area contributed by atoms with E-state index in [0.29, 0.717) is 48.5 Å². The maximum atomic E-state index is 12.9. The van der Waals surface area contributed by atoms with Crippen LogP contribution < -0.4 is 11.2 Å². The molecule has 0 unspecified atom stereocenters. The summed E-state index contributed by atoms with van der Waals surface area (Å²) in [5.74, 6) is 0.380. The number of ether oxygens (including phenoxy) is 1. The lowest BCUT2D eigenvalue weighted by Gasteiger charge is -2.24. The van der Waals surface area contributed by atoms with Gasteiger partial charge in [-0.15, -0.1) is 11.3 Å². The summed E-state index contributed by atoms with van der Waals surface area (Å²) in [5, 5.41) is 0. The summed E-state index contributed by atoms with van der Waals surface area (Å²) in [4.78, 5) is 34.6. The molecule has 1 aromatic rings. The van der Waals surface area contributed by atoms with Crippen LogP contribution in [0.25, 0.3) is 11.4 Å². The van der Waals surface area contributed by atoms with Gasteiger partial charge in [0.25, 0.3) is 5.56 Å². The van der Waals surface area contributed by atoms with E-state index in [0.717, 1.165) is 4.88 Å². The third kappa shape index (κ3) is 3.12. The molecule has 4 rings (SSSR count). The summed E-state index contributed by atoms with van der Waals surface area (Å²) in [6.07, 6.45) is 4.77. The molecule has 0 atom stereocenters. The zero-order valence-electron chi connectivity index (χ0n) is 13.2. The standard InChI is InChI=1S/C16H15ClN4O3S/c17-15-18-8-11(25-15)9-20-5-1-2-12-13(20)19-16(23)21(14(12)22)10-3-6-24-7-4-10/h1-2,5,8,10H,3-4,6-7,9H2. The molecule has 1 fully saturated rings. The number of thiazole rings is 1. The summed E-state index contributed by atoms with van der Waals surface area (Å²) in [6, 6.07) is 3.34. The van der Waals surface area contributed by atoms with Gasteiger partial charge in [-0.1, -0.05) is 11.6 Å². The minimum Gasteiger partial charge on any atom is -0.381 e. The Balaban J connectivity index is 1.80. The Morgan fingerprint density at radius 3 is 2.84 bits per heavy atom. The first kappa shape index (κ1) is 16.4. The number of halogens is 1. The molecule has 0 saturated carbocycles. The Morgan fingerprint density at radius 2 is 2.12 bits per heavy atom. The fraction of sp³-hybridized carbons (Fsp3) is 0.375. The van der Waals surface area contributed by atoms with Gasteiger partial charge in [0.2, 0.25) is 0 Å². The molecule has 3 aliphatic rings. The van der Waals surface area contributed by atoms with E-state index in [1.807, 2.05) is 0 Å². The van der Waals surface area contributed by atoms with Crippen molar-refractivity contribution in [3.8, 4) is 11.4 Å². The van der Waals surface area contributed by atoms with Gasteiger partial charge in [-0.2, -0.15) is 4.98 Å². The van der Waals surface area contributed by atoms with E-state index < -0.39 is 5.69 Å². The summed E-state index contributed by atoms with van der Waals surface area (Å²) >= 11 is 7.23. The van der Waals surface area contributed by atoms with Crippen molar-refractivity contribution in [3.05, 3.63) is 54.7 Å². The maximum absolute atomic E-state index is 12.9. The third-order valence-corrected chi connectivity index (χ3v) is 5.41. The van der Waals surface area contributed by atoms with Gasteiger partial charge < -0.3 is 9.30 Å². The topological polar surface area (TPSA) is 79.0 Å². The number of rotatable bonds is 3. The van der Waals surface area contributed by atoms with Gasteiger partial charge in [-0.3, -0.25) is 9.36 Å². The van der Waals surface area contributed by atoms with E-state index in [2.05, 4.69) is 9.97 Å². The van der Waals surface area contributed by atoms with Crippen LogP contribution in [-0.2, 0) is 11.3 Å². The van der Waals surface area contributed by atoms with Crippen molar-refractivity contribution in [2.75, 3.05) is 13.2 Å². The van der Waals surface area contributed by atoms with E-state index >= 15 is 0 Å². The molecule has 7 nitrogen and oxygen atoms in total. The van der Waals surface area contributed by atoms with Crippen LogP contribution in [0.5, 0.6) is 0 Å². The lowest BCUT2D eigenvalue weighted by atomic mass is 10.1. The first-order valence-corrected chi connectivity index (χ1v) is 9.12. The minimum atomic E-state index is -0.508. The molecule has 1 aromatic heterocycles. The van der Waals surface area contributed by atoms with E-state index in [1.165, 1.54) is 15.9 Å². The third-order valence-electron chi connectivity index (χ3n) is 4.31. The van der Waals surface area contributed by atoms with E-state index in [1.54, 1.807) is 29.1 Å². The fourth-order valence-corrected chi connectivity index (χ4v) is 4.09. The SMILES string of the molecule is O=c1nc2n(Cc3cnc(Cl)s3)cccc-2c(=O)n1C1CCOCC1. The minimum absolute atomic E-state index is 0.153. The van der Waals surface area contributed by atoms with E-state index in [-0.39, 0.29) is 11.6 Å². The maximum Gasteiger partial charge on any atom is 0.352 e. The average Bonchev–Trinajstić information content (AvgIpc) is 3.02. The first-order valence-electron chi connectivity index (χ1n) is 7.93. The van der Waals surface area contributed by atoms with Crippen molar-refractivity contribution in [1.82, 2.24) is 19.1 Å². The average molecular weight is 379 g/mol. The van der Waals surface area contributed by atoms with Crippen LogP contribution >= 0.6 is 22.9 Å². The number of hydrogen-bond donors (Lipinski definition) is 0. The van der Waals surface area contributed by atoms with E-state index in [4.69, 9.17) is 16.3 Å². The van der Waals surface area contributed by atoms with Crippen molar-refractivity contribution < 1.29 is 4.74 Å². The summed E-state index contributed by atoms with van der Waals surface area (Å²) in [6.45, 7) is 1.56. The van der Waals surface area contributed by atoms with Crippen LogP contribution in [-0.4, -0.2) is 32.3 Å². The second-order valence-corrected chi connectivity index (χ2v) is 7.56. The number of hydrogen-bond acceptors (Lipinski definition) is 6. The molecular formula is C16H15ClN4O3S. The van der Waals surface area contributed by atoms with Crippen molar-refractivity contribution >= 4 is 22.9 Å². The van der Waals surface area contributed by atoms with Gasteiger partial charge in [0.05, 0.1) is 12.1 Å². The largest absolute Gasteiger partial charge is 0.381 e. The highest BCUT2D eigenvalue weighted by Gasteiger charge is 2.24. The number of nitrogens with zero attached hydrogens (tertiary/aromatic N) is 4. The number of pyridine rings is 1. The van der Waals surface area contributed by atoms with Crippen LogP contribution in [0.1, 0.15) is 23.8 Å². The Hall–Kier alpha value is -2.03. The quantitative estimate of drug-likeness (QED) is 0.696. The molecule has 9 heteroatoms. The zero-order chi connectivity index (χ0) is 17.4. The lowest BCUT2D eigenvalue weighted by Crippen LogP contribution is -2.42. The Kier molecular flexibility index (Phi) is 4.41. The van der Waals surface area contributed by atoms with Crippen molar-refractivity contribution in [2.45, 2.75) is 25.4 Å². The highest BCUT2D eigenvalue weighted by molar-refractivity contribution is 7.15. The highest BCUT2D eigenvalue weighted by Crippen LogP contribution is 2.22. The molecule has 3 aliphatic heterocycles. The lowest BCUT2D eigenvalue weighted by molar-refractivity contribution is 0.0674. The van der Waals surface area contributed by atoms with Crippen LogP contribution in [0, 0.1) is 0 Å². The van der Waals surface area contributed by atoms with Crippen LogP contribution in [0.2, 0.25) is 4.47 Å². The van der Waals surface area contributed by atoms with Gasteiger partial charge in [0, 0.05) is 36.5 Å². The smallest absolute Gasteiger partial charge is 0.352 e. The highest BCUT2D eigenvalue weighted by atomic mass is 35.5. The zero-order valence-corrected chi connectivity index (χ0v) is 14.8. The Morgan fingerprint density at radius 1 is 1.32 bits per heavy atom. The molecule has 25 heavy (non-hydrogen) atoms. The van der Waals surface area contributed by atoms with Gasteiger partial charge >= 0.3 is 5.69 Å². The first-order chi connectivity index (χ1) is 12.1. The molecule has 0 aromatic carbocycles. The number of aromatic nitrogens is 4. The van der Waals surface area contributed by atoms with Crippen molar-refractivity contribution in [2.24, 2.45) is 0 Å². The van der Waals surface area contributed by atoms with Crippen molar-refractivity contribution in [3.63, 3.8) is 0 Å². The number of fused-ring (bicyclic) bond motifs is 1. The van der Waals surface area contributed by atoms with E-state index in [9.17, 15) is 9.59 Å². The van der Waals surface area contributed by atoms with Crippen LogP contribution in [0.3, 0.4) is 0 Å². The van der Waals surface area contributed by atoms with Gasteiger partial charge in [0.1, 0.15) is 0 Å². The Labute approximate surface area is 151 Å². The fourth-order valence-electron chi connectivity index (χ4n) is 3.11. The predicted molar refractivity (Wildman–Crippen MR) is 94.7 cm³/mol. The van der Waals surface area contributed by atoms with Crippen LogP contribution in [0.4, 0.5) is 0 Å². The van der Waals surface area contributed by atoms with Crippen molar-refractivity contribution in [1.29, 1.82) is 0 Å². The second-order valence-electron chi connectivity index (χ2n) is 5.87. The molecule has 0 amide bonds. The van der Waals surface area contributed by atoms with Crippen LogP contribution in [0.15, 0.2) is 34.1 Å². The molecule has 0 bridgehead atoms. The second kappa shape index (κ2) is 6.70. The molecule has 0 radical (unpaired) electrons. The normalized spacial score (nSPS) is 15.7. The summed E-state index contributed by atoms with van der Waals surface area (Å²) in [5.41, 5.74) is -0.366. The van der Waals surface area contributed by atoms with Gasteiger partial charge in [-0.25, -0.2) is 9.78 Å². The molecule has 4 heterocycles. The van der Waals surface area contributed by atoms with Gasteiger partial charge in [0.15, 0.2) is 10.3 Å². The molecule has 0 spiro atoms.